The summed E-state index contributed by atoms with van der Waals surface area (Å²) in [6, 6.07) is 32.4. The Balaban J connectivity index is 1.95. The van der Waals surface area contributed by atoms with E-state index in [-0.39, 0.29) is 0 Å². The van der Waals surface area contributed by atoms with Gasteiger partial charge < -0.3 is 4.57 Å². The highest BCUT2D eigenvalue weighted by Crippen LogP contribution is 2.38. The molecule has 0 aliphatic carbocycles. The summed E-state index contributed by atoms with van der Waals surface area (Å²) in [5.74, 6) is 0. The van der Waals surface area contributed by atoms with E-state index in [1.54, 1.807) is 6.07 Å². The van der Waals surface area contributed by atoms with Gasteiger partial charge in [-0.2, -0.15) is 10.5 Å². The van der Waals surface area contributed by atoms with Gasteiger partial charge in [0.1, 0.15) is 6.07 Å². The van der Waals surface area contributed by atoms with Gasteiger partial charge in [-0.05, 0) is 42.0 Å². The molecule has 0 spiro atoms. The molecule has 1 heterocycles. The molecule has 4 aromatic carbocycles. The molecule has 140 valence electrons. The Morgan fingerprint density at radius 1 is 0.700 bits per heavy atom. The van der Waals surface area contributed by atoms with Crippen molar-refractivity contribution in [1.29, 1.82) is 10.5 Å². The molecule has 0 aliphatic rings. The van der Waals surface area contributed by atoms with Crippen LogP contribution in [0.2, 0.25) is 0 Å². The molecule has 0 atom stereocenters. The zero-order chi connectivity index (χ0) is 20.7. The van der Waals surface area contributed by atoms with Crippen LogP contribution in [0.1, 0.15) is 11.1 Å². The first-order valence-corrected chi connectivity index (χ1v) is 10.2. The Kier molecular flexibility index (Phi) is 4.36. The number of fused-ring (bicyclic) bond motifs is 3. The van der Waals surface area contributed by atoms with Gasteiger partial charge in [0.25, 0.3) is 0 Å². The first kappa shape index (κ1) is 18.2. The minimum absolute atomic E-state index is 0.565. The predicted octanol–water partition coefficient (Wildman–Crippen LogP) is 6.96. The molecular formula is C26H14BrN3. The molecule has 0 fully saturated rings. The zero-order valence-electron chi connectivity index (χ0n) is 15.8. The van der Waals surface area contributed by atoms with E-state index in [0.717, 1.165) is 43.1 Å². The number of hydrogen-bond donors (Lipinski definition) is 0. The topological polar surface area (TPSA) is 52.5 Å². The zero-order valence-corrected chi connectivity index (χ0v) is 17.4. The van der Waals surface area contributed by atoms with E-state index in [4.69, 9.17) is 0 Å². The summed E-state index contributed by atoms with van der Waals surface area (Å²) in [7, 11) is 0. The van der Waals surface area contributed by atoms with E-state index in [1.165, 1.54) is 0 Å². The quantitative estimate of drug-likeness (QED) is 0.293. The lowest BCUT2D eigenvalue weighted by Gasteiger charge is -2.16. The number of aromatic nitrogens is 1. The summed E-state index contributed by atoms with van der Waals surface area (Å²) in [6.07, 6.45) is 0. The van der Waals surface area contributed by atoms with Crippen LogP contribution in [0.4, 0.5) is 0 Å². The van der Waals surface area contributed by atoms with Gasteiger partial charge in [0.05, 0.1) is 33.9 Å². The fourth-order valence-electron chi connectivity index (χ4n) is 4.08. The largest absolute Gasteiger partial charge is 0.307 e. The maximum atomic E-state index is 9.96. The summed E-state index contributed by atoms with van der Waals surface area (Å²) in [4.78, 5) is 0. The minimum atomic E-state index is 0.565. The highest BCUT2D eigenvalue weighted by molar-refractivity contribution is 9.10. The van der Waals surface area contributed by atoms with Gasteiger partial charge in [-0.3, -0.25) is 0 Å². The average molecular weight is 448 g/mol. The Hall–Kier alpha value is -3.86. The number of nitriles is 2. The maximum Gasteiger partial charge on any atom is 0.101 e. The van der Waals surface area contributed by atoms with Crippen molar-refractivity contribution in [2.75, 3.05) is 0 Å². The molecular weight excluding hydrogens is 434 g/mol. The molecule has 0 bridgehead atoms. The summed E-state index contributed by atoms with van der Waals surface area (Å²) >= 11 is 3.52. The second kappa shape index (κ2) is 7.19. The molecule has 3 nitrogen and oxygen atoms in total. The molecule has 30 heavy (non-hydrogen) atoms. The van der Waals surface area contributed by atoms with Crippen molar-refractivity contribution in [2.24, 2.45) is 0 Å². The van der Waals surface area contributed by atoms with E-state index in [2.05, 4.69) is 56.9 Å². The third-order valence-corrected chi connectivity index (χ3v) is 5.76. The SMILES string of the molecule is N#Cc1cc(Br)cc(-c2cccc(C#N)c2-n2c3ccccc3c3ccccc32)c1. The smallest absolute Gasteiger partial charge is 0.101 e. The second-order valence-electron chi connectivity index (χ2n) is 7.02. The fourth-order valence-corrected chi connectivity index (χ4v) is 4.57. The van der Waals surface area contributed by atoms with Gasteiger partial charge in [-0.1, -0.05) is 64.5 Å². The van der Waals surface area contributed by atoms with E-state index in [0.29, 0.717) is 11.1 Å². The monoisotopic (exact) mass is 447 g/mol. The average Bonchev–Trinajstić information content (AvgIpc) is 3.12. The Bertz CT molecular complexity index is 1480. The summed E-state index contributed by atoms with van der Waals surface area (Å²) in [5.41, 5.74) is 5.83. The maximum absolute atomic E-state index is 9.96. The van der Waals surface area contributed by atoms with Crippen LogP contribution < -0.4 is 0 Å². The van der Waals surface area contributed by atoms with Gasteiger partial charge in [-0.15, -0.1) is 0 Å². The lowest BCUT2D eigenvalue weighted by Crippen LogP contribution is -2.01. The molecule has 5 aromatic rings. The Labute approximate surface area is 182 Å². The lowest BCUT2D eigenvalue weighted by molar-refractivity contribution is 1.17. The number of hydrogen-bond acceptors (Lipinski definition) is 2. The van der Waals surface area contributed by atoms with Crippen molar-refractivity contribution in [3.05, 3.63) is 101 Å². The molecule has 0 radical (unpaired) electrons. The Morgan fingerprint density at radius 2 is 1.37 bits per heavy atom. The van der Waals surface area contributed by atoms with Crippen LogP contribution in [0, 0.1) is 22.7 Å². The standard InChI is InChI=1S/C26H14BrN3/c27-20-13-17(15-28)12-19(14-20)21-9-5-6-18(16-29)26(21)30-24-10-3-1-7-22(24)23-8-2-4-11-25(23)30/h1-14H. The number of halogens is 1. The number of benzene rings is 4. The van der Waals surface area contributed by atoms with Gasteiger partial charge in [-0.25, -0.2) is 0 Å². The molecule has 0 N–H and O–H groups in total. The highest BCUT2D eigenvalue weighted by Gasteiger charge is 2.18. The van der Waals surface area contributed by atoms with E-state index in [1.807, 2.05) is 54.6 Å². The lowest BCUT2D eigenvalue weighted by atomic mass is 9.98. The van der Waals surface area contributed by atoms with Crippen molar-refractivity contribution >= 4 is 37.7 Å². The van der Waals surface area contributed by atoms with Crippen molar-refractivity contribution < 1.29 is 0 Å². The number of nitrogens with zero attached hydrogens (tertiary/aromatic N) is 3. The molecule has 4 heteroatoms. The molecule has 5 rings (SSSR count). The summed E-state index contributed by atoms with van der Waals surface area (Å²) in [6.45, 7) is 0. The van der Waals surface area contributed by atoms with E-state index >= 15 is 0 Å². The van der Waals surface area contributed by atoms with Gasteiger partial charge in [0, 0.05) is 20.8 Å². The third-order valence-electron chi connectivity index (χ3n) is 5.30. The van der Waals surface area contributed by atoms with Crippen LogP contribution >= 0.6 is 15.9 Å². The molecule has 0 amide bonds. The van der Waals surface area contributed by atoms with Crippen LogP contribution in [0.15, 0.2) is 89.4 Å². The molecule has 0 aliphatic heterocycles. The van der Waals surface area contributed by atoms with Gasteiger partial charge in [0.15, 0.2) is 0 Å². The van der Waals surface area contributed by atoms with Crippen molar-refractivity contribution in [3.63, 3.8) is 0 Å². The van der Waals surface area contributed by atoms with Crippen LogP contribution in [0.3, 0.4) is 0 Å². The Morgan fingerprint density at radius 3 is 2.00 bits per heavy atom. The predicted molar refractivity (Wildman–Crippen MR) is 123 cm³/mol. The molecule has 0 saturated carbocycles. The van der Waals surface area contributed by atoms with E-state index < -0.39 is 0 Å². The fraction of sp³-hybridized carbons (Fsp3) is 0. The summed E-state index contributed by atoms with van der Waals surface area (Å²) in [5, 5.41) is 21.7. The first-order valence-electron chi connectivity index (χ1n) is 9.44. The summed E-state index contributed by atoms with van der Waals surface area (Å²) < 4.78 is 2.98. The molecule has 1 aromatic heterocycles. The minimum Gasteiger partial charge on any atom is -0.307 e. The molecule has 0 saturated heterocycles. The normalized spacial score (nSPS) is 10.8. The van der Waals surface area contributed by atoms with Crippen LogP contribution in [-0.2, 0) is 0 Å². The third kappa shape index (κ3) is 2.78. The first-order chi connectivity index (χ1) is 14.7. The number of para-hydroxylation sites is 3. The van der Waals surface area contributed by atoms with E-state index in [9.17, 15) is 10.5 Å². The van der Waals surface area contributed by atoms with Gasteiger partial charge in [0.2, 0.25) is 0 Å². The number of rotatable bonds is 2. The van der Waals surface area contributed by atoms with Crippen molar-refractivity contribution in [2.45, 2.75) is 0 Å². The van der Waals surface area contributed by atoms with Crippen molar-refractivity contribution in [1.82, 2.24) is 4.57 Å². The van der Waals surface area contributed by atoms with Crippen LogP contribution in [-0.4, -0.2) is 4.57 Å². The van der Waals surface area contributed by atoms with Gasteiger partial charge >= 0.3 is 0 Å². The highest BCUT2D eigenvalue weighted by atomic mass is 79.9. The van der Waals surface area contributed by atoms with Crippen LogP contribution in [0.5, 0.6) is 0 Å². The van der Waals surface area contributed by atoms with Crippen LogP contribution in [0.25, 0.3) is 38.6 Å². The molecule has 0 unspecified atom stereocenters. The second-order valence-corrected chi connectivity index (χ2v) is 7.94. The van der Waals surface area contributed by atoms with Crippen molar-refractivity contribution in [3.8, 4) is 29.0 Å².